The van der Waals surface area contributed by atoms with Crippen LogP contribution in [-0.2, 0) is 6.42 Å². The lowest BCUT2D eigenvalue weighted by molar-refractivity contribution is 0.102. The first-order valence-corrected chi connectivity index (χ1v) is 8.35. The van der Waals surface area contributed by atoms with Gasteiger partial charge in [-0.3, -0.25) is 4.79 Å². The largest absolute Gasteiger partial charge is 0.305 e. The van der Waals surface area contributed by atoms with Crippen LogP contribution in [0.15, 0.2) is 48.5 Å². The number of anilines is 1. The van der Waals surface area contributed by atoms with Crippen LogP contribution in [0.5, 0.6) is 0 Å². The van der Waals surface area contributed by atoms with E-state index in [-0.39, 0.29) is 5.56 Å². The van der Waals surface area contributed by atoms with Gasteiger partial charge in [0.2, 0.25) is 0 Å². The molecule has 25 heavy (non-hydrogen) atoms. The van der Waals surface area contributed by atoms with E-state index in [0.717, 1.165) is 11.4 Å². The molecule has 7 heteroatoms. The second-order valence-corrected chi connectivity index (χ2v) is 6.13. The number of carbonyl (C=O) groups is 1. The van der Waals surface area contributed by atoms with Gasteiger partial charge in [0.05, 0.1) is 21.3 Å². The van der Waals surface area contributed by atoms with Crippen molar-refractivity contribution in [2.24, 2.45) is 0 Å². The summed E-state index contributed by atoms with van der Waals surface area (Å²) in [6, 6.07) is 12.7. The predicted molar refractivity (Wildman–Crippen MR) is 97.3 cm³/mol. The van der Waals surface area contributed by atoms with Gasteiger partial charge in [0.1, 0.15) is 5.82 Å². The molecule has 0 unspecified atom stereocenters. The smallest absolute Gasteiger partial charge is 0.259 e. The highest BCUT2D eigenvalue weighted by Crippen LogP contribution is 2.26. The first-order valence-electron chi connectivity index (χ1n) is 7.60. The zero-order valence-corrected chi connectivity index (χ0v) is 14.8. The monoisotopic (exact) mass is 377 g/mol. The van der Waals surface area contributed by atoms with E-state index >= 15 is 0 Å². The van der Waals surface area contributed by atoms with Gasteiger partial charge in [-0.2, -0.15) is 0 Å². The average molecular weight is 378 g/mol. The summed E-state index contributed by atoms with van der Waals surface area (Å²) in [4.78, 5) is 12.2. The molecule has 3 aromatic rings. The number of aryl methyl sites for hydroxylation is 1. The van der Waals surface area contributed by atoms with Crippen molar-refractivity contribution in [1.82, 2.24) is 9.78 Å². The minimum atomic E-state index is -0.584. The first-order chi connectivity index (χ1) is 12.0. The molecule has 0 aliphatic heterocycles. The SMILES string of the molecule is CCc1cc(NC(=O)c2ccccc2F)nn1-c1ccc(Cl)c(Cl)c1. The van der Waals surface area contributed by atoms with Crippen molar-refractivity contribution in [3.05, 3.63) is 75.7 Å². The van der Waals surface area contributed by atoms with Crippen LogP contribution < -0.4 is 5.32 Å². The van der Waals surface area contributed by atoms with E-state index in [9.17, 15) is 9.18 Å². The van der Waals surface area contributed by atoms with Crippen molar-refractivity contribution in [3.8, 4) is 5.69 Å². The lowest BCUT2D eigenvalue weighted by Crippen LogP contribution is -2.14. The van der Waals surface area contributed by atoms with Crippen LogP contribution >= 0.6 is 23.2 Å². The van der Waals surface area contributed by atoms with Crippen LogP contribution in [0.3, 0.4) is 0 Å². The van der Waals surface area contributed by atoms with E-state index in [4.69, 9.17) is 23.2 Å². The van der Waals surface area contributed by atoms with Crippen LogP contribution in [0.4, 0.5) is 10.2 Å². The first kappa shape index (κ1) is 17.5. The van der Waals surface area contributed by atoms with Crippen molar-refractivity contribution in [1.29, 1.82) is 0 Å². The van der Waals surface area contributed by atoms with E-state index in [1.54, 1.807) is 35.0 Å². The second kappa shape index (κ2) is 7.25. The van der Waals surface area contributed by atoms with E-state index in [1.807, 2.05) is 6.92 Å². The maximum Gasteiger partial charge on any atom is 0.259 e. The third-order valence-electron chi connectivity index (χ3n) is 3.65. The summed E-state index contributed by atoms with van der Waals surface area (Å²) < 4.78 is 15.4. The highest BCUT2D eigenvalue weighted by Gasteiger charge is 2.15. The summed E-state index contributed by atoms with van der Waals surface area (Å²) >= 11 is 12.0. The molecule has 0 aliphatic rings. The van der Waals surface area contributed by atoms with Gasteiger partial charge in [-0.05, 0) is 36.8 Å². The minimum absolute atomic E-state index is 0.0374. The van der Waals surface area contributed by atoms with Crippen LogP contribution in [0.1, 0.15) is 23.0 Å². The number of nitrogens with zero attached hydrogens (tertiary/aromatic N) is 2. The normalized spacial score (nSPS) is 10.7. The van der Waals surface area contributed by atoms with Crippen molar-refractivity contribution in [2.45, 2.75) is 13.3 Å². The number of halogens is 3. The third kappa shape index (κ3) is 3.67. The molecule has 4 nitrogen and oxygen atoms in total. The molecule has 0 saturated carbocycles. The molecule has 0 aliphatic carbocycles. The number of carbonyl (C=O) groups excluding carboxylic acids is 1. The zero-order chi connectivity index (χ0) is 18.0. The van der Waals surface area contributed by atoms with Gasteiger partial charge in [0, 0.05) is 11.8 Å². The molecule has 3 rings (SSSR count). The minimum Gasteiger partial charge on any atom is -0.305 e. The molecule has 0 fully saturated rings. The number of aromatic nitrogens is 2. The molecular weight excluding hydrogens is 364 g/mol. The fourth-order valence-corrected chi connectivity index (χ4v) is 2.69. The molecule has 1 amide bonds. The molecule has 0 spiro atoms. The molecule has 128 valence electrons. The van der Waals surface area contributed by atoms with Gasteiger partial charge in [-0.15, -0.1) is 5.10 Å². The summed E-state index contributed by atoms with van der Waals surface area (Å²) in [6.45, 7) is 1.97. The Hall–Kier alpha value is -2.37. The highest BCUT2D eigenvalue weighted by atomic mass is 35.5. The Morgan fingerprint density at radius 1 is 1.16 bits per heavy atom. The standard InChI is InChI=1S/C18H14Cl2FN3O/c1-2-11-10-17(22-18(25)13-5-3-4-6-16(13)21)23-24(11)12-7-8-14(19)15(20)9-12/h3-10H,2H2,1H3,(H,22,23,25). The van der Waals surface area contributed by atoms with E-state index in [1.165, 1.54) is 18.2 Å². The van der Waals surface area contributed by atoms with Gasteiger partial charge < -0.3 is 5.32 Å². The molecule has 2 aromatic carbocycles. The molecule has 0 saturated heterocycles. The summed E-state index contributed by atoms with van der Waals surface area (Å²) in [5, 5.41) is 7.86. The average Bonchev–Trinajstić information content (AvgIpc) is 3.00. The third-order valence-corrected chi connectivity index (χ3v) is 4.39. The number of hydrogen-bond donors (Lipinski definition) is 1. The van der Waals surface area contributed by atoms with Crippen LogP contribution in [0.25, 0.3) is 5.69 Å². The summed E-state index contributed by atoms with van der Waals surface area (Å²) in [6.07, 6.45) is 0.683. The van der Waals surface area contributed by atoms with Crippen molar-refractivity contribution < 1.29 is 9.18 Å². The Balaban J connectivity index is 1.91. The second-order valence-electron chi connectivity index (χ2n) is 5.32. The topological polar surface area (TPSA) is 46.9 Å². The molecule has 1 heterocycles. The molecule has 0 atom stereocenters. The van der Waals surface area contributed by atoms with Gasteiger partial charge in [0.15, 0.2) is 5.82 Å². The van der Waals surface area contributed by atoms with Crippen LogP contribution in [0.2, 0.25) is 10.0 Å². The number of hydrogen-bond acceptors (Lipinski definition) is 2. The van der Waals surface area contributed by atoms with Gasteiger partial charge in [0.25, 0.3) is 5.91 Å². The maximum absolute atomic E-state index is 13.7. The Kier molecular flexibility index (Phi) is 5.06. The number of nitrogens with one attached hydrogen (secondary N) is 1. The van der Waals surface area contributed by atoms with Gasteiger partial charge in [-0.1, -0.05) is 42.3 Å². The predicted octanol–water partition coefficient (Wildman–Crippen LogP) is 5.13. The highest BCUT2D eigenvalue weighted by molar-refractivity contribution is 6.42. The fourth-order valence-electron chi connectivity index (χ4n) is 2.40. The molecular formula is C18H14Cl2FN3O. The molecule has 1 N–H and O–H groups in total. The summed E-state index contributed by atoms with van der Waals surface area (Å²) in [5.74, 6) is -0.810. The van der Waals surface area contributed by atoms with Crippen LogP contribution in [-0.4, -0.2) is 15.7 Å². The van der Waals surface area contributed by atoms with Gasteiger partial charge >= 0.3 is 0 Å². The van der Waals surface area contributed by atoms with Gasteiger partial charge in [-0.25, -0.2) is 9.07 Å². The van der Waals surface area contributed by atoms with E-state index < -0.39 is 11.7 Å². The number of amides is 1. The molecule has 0 bridgehead atoms. The van der Waals surface area contributed by atoms with E-state index in [2.05, 4.69) is 10.4 Å². The zero-order valence-electron chi connectivity index (χ0n) is 13.3. The van der Waals surface area contributed by atoms with Crippen molar-refractivity contribution in [3.63, 3.8) is 0 Å². The fraction of sp³-hybridized carbons (Fsp3) is 0.111. The Bertz CT molecular complexity index is 940. The molecule has 1 aromatic heterocycles. The number of rotatable bonds is 4. The lowest BCUT2D eigenvalue weighted by atomic mass is 10.2. The summed E-state index contributed by atoms with van der Waals surface area (Å²) in [5.41, 5.74) is 1.55. The Labute approximate surface area is 154 Å². The van der Waals surface area contributed by atoms with Crippen molar-refractivity contribution >= 4 is 34.9 Å². The maximum atomic E-state index is 13.7. The Morgan fingerprint density at radius 3 is 2.60 bits per heavy atom. The van der Waals surface area contributed by atoms with Crippen molar-refractivity contribution in [2.75, 3.05) is 5.32 Å². The number of benzene rings is 2. The molecule has 0 radical (unpaired) electrons. The summed E-state index contributed by atoms with van der Waals surface area (Å²) in [7, 11) is 0. The quantitative estimate of drug-likeness (QED) is 0.684. The van der Waals surface area contributed by atoms with Crippen LogP contribution in [0, 0.1) is 5.82 Å². The van der Waals surface area contributed by atoms with E-state index in [0.29, 0.717) is 22.3 Å². The lowest BCUT2D eigenvalue weighted by Gasteiger charge is -2.07. The Morgan fingerprint density at radius 2 is 1.92 bits per heavy atom.